The van der Waals surface area contributed by atoms with Gasteiger partial charge in [0.2, 0.25) is 0 Å². The predicted octanol–water partition coefficient (Wildman–Crippen LogP) is 5.35. The second-order valence-electron chi connectivity index (χ2n) is 5.34. The Morgan fingerprint density at radius 3 is 2.50 bits per heavy atom. The van der Waals surface area contributed by atoms with Crippen LogP contribution in [-0.2, 0) is 6.42 Å². The van der Waals surface area contributed by atoms with Crippen LogP contribution in [0.4, 0.5) is 0 Å². The zero-order valence-corrected chi connectivity index (χ0v) is 14.0. The third-order valence-corrected chi connectivity index (χ3v) is 5.80. The molecule has 0 unspecified atom stereocenters. The second-order valence-corrected chi connectivity index (χ2v) is 6.76. The number of hydrogen-bond donors (Lipinski definition) is 0. The van der Waals surface area contributed by atoms with Crippen LogP contribution in [0.3, 0.4) is 0 Å². The molecule has 18 heavy (non-hydrogen) atoms. The van der Waals surface area contributed by atoms with E-state index in [4.69, 9.17) is 4.74 Å². The van der Waals surface area contributed by atoms with E-state index in [-0.39, 0.29) is 0 Å². The summed E-state index contributed by atoms with van der Waals surface area (Å²) in [6, 6.07) is 6.46. The van der Waals surface area contributed by atoms with Crippen molar-refractivity contribution in [3.05, 3.63) is 28.2 Å². The smallest absolute Gasteiger partial charge is 0.133 e. The number of hydrogen-bond acceptors (Lipinski definition) is 1. The fraction of sp³-hybridized carbons (Fsp3) is 0.600. The molecule has 1 aromatic carbocycles. The Bertz CT molecular complexity index is 397. The maximum Gasteiger partial charge on any atom is 0.133 e. The van der Waals surface area contributed by atoms with Gasteiger partial charge in [0.1, 0.15) is 5.75 Å². The van der Waals surface area contributed by atoms with Gasteiger partial charge in [0.05, 0.1) is 11.6 Å². The Morgan fingerprint density at radius 2 is 1.94 bits per heavy atom. The summed E-state index contributed by atoms with van der Waals surface area (Å²) in [7, 11) is 1.71. The van der Waals surface area contributed by atoms with Crippen molar-refractivity contribution >= 4 is 31.9 Å². The molecule has 0 radical (unpaired) electrons. The Kier molecular flexibility index (Phi) is 5.14. The van der Waals surface area contributed by atoms with Crippen molar-refractivity contribution in [2.24, 2.45) is 5.41 Å². The Labute approximate surface area is 127 Å². The standard InChI is InChI=1S/C15H20Br2O/c1-18-14-6-5-12(9-13(14)17)10-15(11-16)7-3-2-4-8-15/h5-6,9H,2-4,7-8,10-11H2,1H3. The lowest BCUT2D eigenvalue weighted by Crippen LogP contribution is -2.28. The molecule has 0 N–H and O–H groups in total. The molecular formula is C15H20Br2O. The molecule has 1 aliphatic carbocycles. The van der Waals surface area contributed by atoms with Crippen LogP contribution in [0, 0.1) is 5.41 Å². The number of benzene rings is 1. The first-order chi connectivity index (χ1) is 8.69. The molecule has 0 heterocycles. The highest BCUT2D eigenvalue weighted by atomic mass is 79.9. The van der Waals surface area contributed by atoms with Crippen LogP contribution in [0.15, 0.2) is 22.7 Å². The summed E-state index contributed by atoms with van der Waals surface area (Å²) in [4.78, 5) is 0. The minimum Gasteiger partial charge on any atom is -0.496 e. The molecule has 1 fully saturated rings. The molecular weight excluding hydrogens is 356 g/mol. The average molecular weight is 376 g/mol. The molecule has 0 aromatic heterocycles. The number of rotatable bonds is 4. The SMILES string of the molecule is COc1ccc(CC2(CBr)CCCCC2)cc1Br. The van der Waals surface area contributed by atoms with Crippen LogP contribution in [0.1, 0.15) is 37.7 Å². The summed E-state index contributed by atoms with van der Waals surface area (Å²) in [5, 5.41) is 1.11. The number of methoxy groups -OCH3 is 1. The summed E-state index contributed by atoms with van der Waals surface area (Å²) in [5.41, 5.74) is 1.87. The third-order valence-electron chi connectivity index (χ3n) is 3.99. The van der Waals surface area contributed by atoms with E-state index in [9.17, 15) is 0 Å². The van der Waals surface area contributed by atoms with Gasteiger partial charge in [-0.2, -0.15) is 0 Å². The predicted molar refractivity (Wildman–Crippen MR) is 83.7 cm³/mol. The molecule has 100 valence electrons. The second kappa shape index (κ2) is 6.42. The van der Waals surface area contributed by atoms with E-state index in [1.807, 2.05) is 0 Å². The van der Waals surface area contributed by atoms with E-state index in [0.717, 1.165) is 15.6 Å². The highest BCUT2D eigenvalue weighted by molar-refractivity contribution is 9.10. The zero-order valence-electron chi connectivity index (χ0n) is 10.8. The minimum absolute atomic E-state index is 0.465. The first kappa shape index (κ1) is 14.4. The normalized spacial score (nSPS) is 18.6. The summed E-state index contributed by atoms with van der Waals surface area (Å²) in [6.45, 7) is 0. The van der Waals surface area contributed by atoms with E-state index >= 15 is 0 Å². The molecule has 1 aromatic rings. The molecule has 0 saturated heterocycles. The van der Waals surface area contributed by atoms with Crippen LogP contribution in [0.25, 0.3) is 0 Å². The van der Waals surface area contributed by atoms with Crippen molar-refractivity contribution in [1.29, 1.82) is 0 Å². The third kappa shape index (κ3) is 3.30. The van der Waals surface area contributed by atoms with E-state index in [0.29, 0.717) is 5.41 Å². The fourth-order valence-electron chi connectivity index (χ4n) is 2.91. The maximum absolute atomic E-state index is 5.29. The largest absolute Gasteiger partial charge is 0.496 e. The fourth-order valence-corrected chi connectivity index (χ4v) is 4.26. The molecule has 1 saturated carbocycles. The summed E-state index contributed by atoms with van der Waals surface area (Å²) < 4.78 is 6.34. The minimum atomic E-state index is 0.465. The summed E-state index contributed by atoms with van der Waals surface area (Å²) in [6.07, 6.45) is 8.03. The summed E-state index contributed by atoms with van der Waals surface area (Å²) >= 11 is 7.31. The van der Waals surface area contributed by atoms with Gasteiger partial charge in [-0.3, -0.25) is 0 Å². The molecule has 0 amide bonds. The van der Waals surface area contributed by atoms with Gasteiger partial charge in [-0.15, -0.1) is 0 Å². The lowest BCUT2D eigenvalue weighted by atomic mass is 9.72. The van der Waals surface area contributed by atoms with Crippen LogP contribution in [0.5, 0.6) is 5.75 Å². The lowest BCUT2D eigenvalue weighted by Gasteiger charge is -2.36. The summed E-state index contributed by atoms with van der Waals surface area (Å²) in [5.74, 6) is 0.912. The number of alkyl halides is 1. The topological polar surface area (TPSA) is 9.23 Å². The van der Waals surface area contributed by atoms with Crippen molar-refractivity contribution in [3.63, 3.8) is 0 Å². The van der Waals surface area contributed by atoms with Crippen molar-refractivity contribution in [2.45, 2.75) is 38.5 Å². The van der Waals surface area contributed by atoms with Crippen molar-refractivity contribution in [2.75, 3.05) is 12.4 Å². The molecule has 2 rings (SSSR count). The lowest BCUT2D eigenvalue weighted by molar-refractivity contribution is 0.223. The highest BCUT2D eigenvalue weighted by Crippen LogP contribution is 2.41. The molecule has 3 heteroatoms. The van der Waals surface area contributed by atoms with Crippen LogP contribution in [0.2, 0.25) is 0 Å². The molecule has 1 nitrogen and oxygen atoms in total. The van der Waals surface area contributed by atoms with Gasteiger partial charge in [0.15, 0.2) is 0 Å². The Morgan fingerprint density at radius 1 is 1.22 bits per heavy atom. The molecule has 0 atom stereocenters. The molecule has 1 aliphatic rings. The quantitative estimate of drug-likeness (QED) is 0.645. The van der Waals surface area contributed by atoms with Gasteiger partial charge in [-0.1, -0.05) is 41.3 Å². The van der Waals surface area contributed by atoms with E-state index in [2.05, 4.69) is 50.1 Å². The number of ether oxygens (including phenoxy) is 1. The van der Waals surface area contributed by atoms with Gasteiger partial charge in [0, 0.05) is 5.33 Å². The Hall–Kier alpha value is -0.0200. The molecule has 0 spiro atoms. The van der Waals surface area contributed by atoms with Gasteiger partial charge in [0.25, 0.3) is 0 Å². The van der Waals surface area contributed by atoms with Crippen LogP contribution >= 0.6 is 31.9 Å². The highest BCUT2D eigenvalue weighted by Gasteiger charge is 2.31. The van der Waals surface area contributed by atoms with E-state index in [1.54, 1.807) is 7.11 Å². The van der Waals surface area contributed by atoms with Gasteiger partial charge < -0.3 is 4.74 Å². The van der Waals surface area contributed by atoms with Gasteiger partial charge in [-0.25, -0.2) is 0 Å². The van der Waals surface area contributed by atoms with Crippen LogP contribution in [-0.4, -0.2) is 12.4 Å². The average Bonchev–Trinajstić information content (AvgIpc) is 2.40. The van der Waals surface area contributed by atoms with Crippen LogP contribution < -0.4 is 4.74 Å². The van der Waals surface area contributed by atoms with Gasteiger partial charge >= 0.3 is 0 Å². The monoisotopic (exact) mass is 374 g/mol. The van der Waals surface area contributed by atoms with Crippen molar-refractivity contribution in [1.82, 2.24) is 0 Å². The van der Waals surface area contributed by atoms with E-state index in [1.165, 1.54) is 44.1 Å². The Balaban J connectivity index is 2.14. The molecule has 0 bridgehead atoms. The maximum atomic E-state index is 5.29. The van der Waals surface area contributed by atoms with Crippen molar-refractivity contribution < 1.29 is 4.74 Å². The first-order valence-corrected chi connectivity index (χ1v) is 8.49. The van der Waals surface area contributed by atoms with Crippen molar-refractivity contribution in [3.8, 4) is 5.75 Å². The first-order valence-electron chi connectivity index (χ1n) is 6.57. The zero-order chi connectivity index (χ0) is 13.0. The van der Waals surface area contributed by atoms with Gasteiger partial charge in [-0.05, 0) is 58.3 Å². The number of halogens is 2. The molecule has 0 aliphatic heterocycles. The van der Waals surface area contributed by atoms with E-state index < -0.39 is 0 Å².